The number of nitrogens with one attached hydrogen (secondary N) is 1. The molecule has 0 atom stereocenters. The van der Waals surface area contributed by atoms with E-state index in [1.807, 2.05) is 24.3 Å². The minimum absolute atomic E-state index is 0.0110. The summed E-state index contributed by atoms with van der Waals surface area (Å²) >= 11 is 6.45. The number of rotatable bonds is 6. The van der Waals surface area contributed by atoms with Gasteiger partial charge in [0.15, 0.2) is 0 Å². The highest BCUT2D eigenvalue weighted by Crippen LogP contribution is 2.38. The lowest BCUT2D eigenvalue weighted by Gasteiger charge is -2.28. The molecule has 1 saturated heterocycles. The Bertz CT molecular complexity index is 1410. The number of halogens is 1. The van der Waals surface area contributed by atoms with E-state index in [1.54, 1.807) is 30.3 Å². The first-order valence-electron chi connectivity index (χ1n) is 10.8. The van der Waals surface area contributed by atoms with Crippen LogP contribution in [0.1, 0.15) is 6.42 Å². The fourth-order valence-electron chi connectivity index (χ4n) is 3.94. The van der Waals surface area contributed by atoms with Crippen LogP contribution in [0.5, 0.6) is 0 Å². The standard InChI is InChI=1S/C23H27ClN4O4S2/c1-26(33(2,29)30)23-17-20(27-14-5-12-25-13-15-27)9-11-22(23)28(24)34(31,32)21-10-8-18-6-3-4-7-19(18)16-21/h3-4,6-11,16-17,25H,5,12-15H2,1-2H3. The van der Waals surface area contributed by atoms with Gasteiger partial charge in [-0.3, -0.25) is 4.31 Å². The minimum atomic E-state index is -4.17. The van der Waals surface area contributed by atoms with Gasteiger partial charge in [0, 0.05) is 44.1 Å². The Kier molecular flexibility index (Phi) is 6.95. The second-order valence-corrected chi connectivity index (χ2v) is 12.6. The molecule has 1 fully saturated rings. The lowest BCUT2D eigenvalue weighted by molar-refractivity contribution is 0.596. The van der Waals surface area contributed by atoms with Crippen LogP contribution in [0.25, 0.3) is 10.8 Å². The van der Waals surface area contributed by atoms with Crippen molar-refractivity contribution in [1.82, 2.24) is 5.32 Å². The monoisotopic (exact) mass is 522 g/mol. The van der Waals surface area contributed by atoms with E-state index in [1.165, 1.54) is 13.1 Å². The van der Waals surface area contributed by atoms with E-state index in [0.717, 1.165) is 59.6 Å². The van der Waals surface area contributed by atoms with E-state index < -0.39 is 20.0 Å². The first-order chi connectivity index (χ1) is 16.1. The van der Waals surface area contributed by atoms with E-state index in [9.17, 15) is 16.8 Å². The summed E-state index contributed by atoms with van der Waals surface area (Å²) in [5, 5.41) is 4.99. The summed E-state index contributed by atoms with van der Waals surface area (Å²) in [5.41, 5.74) is 1.03. The van der Waals surface area contributed by atoms with Gasteiger partial charge in [0.2, 0.25) is 10.0 Å². The Hall–Kier alpha value is -2.53. The molecular weight excluding hydrogens is 496 g/mol. The predicted octanol–water partition coefficient (Wildman–Crippen LogP) is 3.38. The van der Waals surface area contributed by atoms with E-state index >= 15 is 0 Å². The maximum atomic E-state index is 13.4. The van der Waals surface area contributed by atoms with Crippen LogP contribution in [0.2, 0.25) is 0 Å². The van der Waals surface area contributed by atoms with Gasteiger partial charge in [-0.05, 0) is 54.1 Å². The van der Waals surface area contributed by atoms with Gasteiger partial charge in [-0.25, -0.2) is 8.42 Å². The normalized spacial score (nSPS) is 15.2. The maximum absolute atomic E-state index is 13.4. The largest absolute Gasteiger partial charge is 0.370 e. The Morgan fingerprint density at radius 2 is 1.62 bits per heavy atom. The van der Waals surface area contributed by atoms with Crippen molar-refractivity contribution in [2.24, 2.45) is 0 Å². The number of hydrogen-bond donors (Lipinski definition) is 1. The average molecular weight is 523 g/mol. The summed E-state index contributed by atoms with van der Waals surface area (Å²) in [7, 11) is -6.47. The SMILES string of the molecule is CN(c1cc(N2CCCNCC2)ccc1N(Cl)S(=O)(=O)c1ccc2ccccc2c1)S(C)(=O)=O. The lowest BCUT2D eigenvalue weighted by Crippen LogP contribution is -2.30. The number of sulfonamides is 2. The molecule has 1 aliphatic heterocycles. The van der Waals surface area contributed by atoms with E-state index in [2.05, 4.69) is 10.2 Å². The smallest absolute Gasteiger partial charge is 0.278 e. The van der Waals surface area contributed by atoms with Crippen molar-refractivity contribution in [2.45, 2.75) is 11.3 Å². The fourth-order valence-corrected chi connectivity index (χ4v) is 5.94. The molecular formula is C23H27ClN4O4S2. The molecule has 1 aliphatic rings. The summed E-state index contributed by atoms with van der Waals surface area (Å²) in [6, 6.07) is 17.2. The van der Waals surface area contributed by atoms with Gasteiger partial charge in [0.05, 0.1) is 22.5 Å². The first-order valence-corrected chi connectivity index (χ1v) is 14.5. The van der Waals surface area contributed by atoms with Gasteiger partial charge in [0.1, 0.15) is 0 Å². The van der Waals surface area contributed by atoms with Crippen LogP contribution in [0, 0.1) is 0 Å². The van der Waals surface area contributed by atoms with Gasteiger partial charge in [0.25, 0.3) is 10.0 Å². The van der Waals surface area contributed by atoms with Crippen molar-refractivity contribution in [3.8, 4) is 0 Å². The van der Waals surface area contributed by atoms with Crippen LogP contribution in [-0.4, -0.2) is 56.3 Å². The minimum Gasteiger partial charge on any atom is -0.370 e. The Balaban J connectivity index is 1.79. The molecule has 0 amide bonds. The second kappa shape index (κ2) is 9.61. The zero-order valence-electron chi connectivity index (χ0n) is 19.0. The molecule has 1 N–H and O–H groups in total. The molecule has 34 heavy (non-hydrogen) atoms. The summed E-state index contributed by atoms with van der Waals surface area (Å²) in [6.45, 7) is 3.26. The summed E-state index contributed by atoms with van der Waals surface area (Å²) in [5.74, 6) is 0. The van der Waals surface area contributed by atoms with Crippen molar-refractivity contribution >= 4 is 59.7 Å². The van der Waals surface area contributed by atoms with Crippen molar-refractivity contribution < 1.29 is 16.8 Å². The highest BCUT2D eigenvalue weighted by atomic mass is 35.5. The van der Waals surface area contributed by atoms with Crippen LogP contribution < -0.4 is 18.3 Å². The topological polar surface area (TPSA) is 90.0 Å². The third kappa shape index (κ3) is 4.95. The molecule has 0 saturated carbocycles. The predicted molar refractivity (Wildman–Crippen MR) is 139 cm³/mol. The third-order valence-electron chi connectivity index (χ3n) is 5.92. The van der Waals surface area contributed by atoms with Gasteiger partial charge in [-0.15, -0.1) is 0 Å². The molecule has 0 spiro atoms. The van der Waals surface area contributed by atoms with Crippen LogP contribution in [-0.2, 0) is 20.0 Å². The average Bonchev–Trinajstić information content (AvgIpc) is 3.11. The molecule has 1 heterocycles. The summed E-state index contributed by atoms with van der Waals surface area (Å²) in [6.07, 6.45) is 2.01. The van der Waals surface area contributed by atoms with Gasteiger partial charge in [-0.2, -0.15) is 12.2 Å². The molecule has 0 aliphatic carbocycles. The molecule has 4 rings (SSSR count). The fraction of sp³-hybridized carbons (Fsp3) is 0.304. The van der Waals surface area contributed by atoms with Gasteiger partial charge >= 0.3 is 0 Å². The van der Waals surface area contributed by atoms with E-state index in [-0.39, 0.29) is 16.3 Å². The van der Waals surface area contributed by atoms with Crippen molar-refractivity contribution in [1.29, 1.82) is 0 Å². The molecule has 3 aromatic rings. The molecule has 0 unspecified atom stereocenters. The first kappa shape index (κ1) is 24.6. The van der Waals surface area contributed by atoms with Crippen LogP contribution in [0.3, 0.4) is 0 Å². The highest BCUT2D eigenvalue weighted by Gasteiger charge is 2.29. The molecule has 8 nitrogen and oxygen atoms in total. The van der Waals surface area contributed by atoms with Crippen LogP contribution >= 0.6 is 11.8 Å². The van der Waals surface area contributed by atoms with E-state index in [4.69, 9.17) is 11.8 Å². The van der Waals surface area contributed by atoms with E-state index in [0.29, 0.717) is 3.82 Å². The number of fused-ring (bicyclic) bond motifs is 1. The Morgan fingerprint density at radius 1 is 0.882 bits per heavy atom. The maximum Gasteiger partial charge on any atom is 0.278 e. The van der Waals surface area contributed by atoms with Crippen molar-refractivity contribution in [2.75, 3.05) is 52.5 Å². The van der Waals surface area contributed by atoms with Crippen molar-refractivity contribution in [3.05, 3.63) is 60.7 Å². The summed E-state index contributed by atoms with van der Waals surface area (Å²) in [4.78, 5) is 2.15. The van der Waals surface area contributed by atoms with Crippen LogP contribution in [0.4, 0.5) is 17.1 Å². The Labute approximate surface area is 205 Å². The number of benzene rings is 3. The molecule has 3 aromatic carbocycles. The number of anilines is 3. The summed E-state index contributed by atoms with van der Waals surface area (Å²) < 4.78 is 53.4. The number of hydrogen-bond acceptors (Lipinski definition) is 6. The van der Waals surface area contributed by atoms with Gasteiger partial charge in [-0.1, -0.05) is 30.3 Å². The molecule has 11 heteroatoms. The lowest BCUT2D eigenvalue weighted by atomic mass is 10.1. The highest BCUT2D eigenvalue weighted by molar-refractivity contribution is 7.94. The zero-order chi connectivity index (χ0) is 24.5. The van der Waals surface area contributed by atoms with Crippen molar-refractivity contribution in [3.63, 3.8) is 0 Å². The number of nitrogens with zero attached hydrogens (tertiary/aromatic N) is 3. The van der Waals surface area contributed by atoms with Crippen LogP contribution in [0.15, 0.2) is 65.6 Å². The molecule has 0 radical (unpaired) electrons. The molecule has 0 bridgehead atoms. The molecule has 0 aromatic heterocycles. The zero-order valence-corrected chi connectivity index (χ0v) is 21.4. The van der Waals surface area contributed by atoms with Gasteiger partial charge < -0.3 is 10.2 Å². The quantitative estimate of drug-likeness (QED) is 0.499. The molecule has 182 valence electrons. The third-order valence-corrected chi connectivity index (χ3v) is 9.31. The Morgan fingerprint density at radius 3 is 2.35 bits per heavy atom. The second-order valence-electron chi connectivity index (χ2n) is 8.22.